The molecule has 18 heavy (non-hydrogen) atoms. The Balaban J connectivity index is 1.48. The number of rotatable bonds is 5. The Morgan fingerprint density at radius 2 is 2.28 bits per heavy atom. The third-order valence-electron chi connectivity index (χ3n) is 3.38. The third-order valence-corrected chi connectivity index (χ3v) is 3.38. The Morgan fingerprint density at radius 3 is 3.17 bits per heavy atom. The standard InChI is InChI=1S/C14H18N4/c1-3-11-6-7-14(18-12(11)4-1)15-8-2-5-13-16-9-10-17-13/h6-7,9-10H,1-5,8H2,(H,15,18)(H,16,17). The Hall–Kier alpha value is -1.84. The first-order chi connectivity index (χ1) is 8.92. The molecule has 4 heteroatoms. The normalized spacial score (nSPS) is 13.6. The highest BCUT2D eigenvalue weighted by molar-refractivity contribution is 5.40. The van der Waals surface area contributed by atoms with Gasteiger partial charge in [0.05, 0.1) is 0 Å². The quantitative estimate of drug-likeness (QED) is 0.791. The van der Waals surface area contributed by atoms with Gasteiger partial charge in [-0.05, 0) is 37.3 Å². The van der Waals surface area contributed by atoms with E-state index in [-0.39, 0.29) is 0 Å². The van der Waals surface area contributed by atoms with Gasteiger partial charge < -0.3 is 10.3 Å². The van der Waals surface area contributed by atoms with Crippen molar-refractivity contribution in [3.05, 3.63) is 41.6 Å². The number of nitrogens with zero attached hydrogens (tertiary/aromatic N) is 2. The van der Waals surface area contributed by atoms with Gasteiger partial charge in [0.25, 0.3) is 0 Å². The predicted molar refractivity (Wildman–Crippen MR) is 71.7 cm³/mol. The average molecular weight is 242 g/mol. The molecule has 2 aromatic rings. The lowest BCUT2D eigenvalue weighted by Crippen LogP contribution is -2.06. The summed E-state index contributed by atoms with van der Waals surface area (Å²) in [6.45, 7) is 0.937. The number of hydrogen-bond acceptors (Lipinski definition) is 3. The number of anilines is 1. The van der Waals surface area contributed by atoms with Crippen LogP contribution in [0.5, 0.6) is 0 Å². The molecule has 0 aromatic carbocycles. The van der Waals surface area contributed by atoms with E-state index in [0.29, 0.717) is 0 Å². The van der Waals surface area contributed by atoms with Crippen LogP contribution in [0.3, 0.4) is 0 Å². The van der Waals surface area contributed by atoms with Crippen LogP contribution >= 0.6 is 0 Å². The first-order valence-electron chi connectivity index (χ1n) is 6.63. The zero-order valence-electron chi connectivity index (χ0n) is 10.4. The molecule has 4 nitrogen and oxygen atoms in total. The number of aryl methyl sites for hydroxylation is 3. The number of H-pyrrole nitrogens is 1. The minimum Gasteiger partial charge on any atom is -0.370 e. The maximum Gasteiger partial charge on any atom is 0.126 e. The minimum absolute atomic E-state index is 0.937. The van der Waals surface area contributed by atoms with Gasteiger partial charge in [-0.15, -0.1) is 0 Å². The highest BCUT2D eigenvalue weighted by Crippen LogP contribution is 2.21. The Kier molecular flexibility index (Phi) is 3.26. The molecule has 0 spiro atoms. The van der Waals surface area contributed by atoms with Gasteiger partial charge in [0.1, 0.15) is 11.6 Å². The molecule has 1 aliphatic rings. The molecule has 1 aliphatic carbocycles. The van der Waals surface area contributed by atoms with E-state index in [0.717, 1.165) is 37.4 Å². The molecule has 0 unspecified atom stereocenters. The number of hydrogen-bond donors (Lipinski definition) is 2. The van der Waals surface area contributed by atoms with Gasteiger partial charge in [-0.1, -0.05) is 6.07 Å². The van der Waals surface area contributed by atoms with Gasteiger partial charge >= 0.3 is 0 Å². The summed E-state index contributed by atoms with van der Waals surface area (Å²) in [6, 6.07) is 4.31. The van der Waals surface area contributed by atoms with Crippen molar-refractivity contribution < 1.29 is 0 Å². The molecule has 0 amide bonds. The fraction of sp³-hybridized carbons (Fsp3) is 0.429. The molecular weight excluding hydrogens is 224 g/mol. The summed E-state index contributed by atoms with van der Waals surface area (Å²) >= 11 is 0. The van der Waals surface area contributed by atoms with E-state index < -0.39 is 0 Å². The Morgan fingerprint density at radius 1 is 1.28 bits per heavy atom. The van der Waals surface area contributed by atoms with Crippen LogP contribution in [0.1, 0.15) is 29.9 Å². The summed E-state index contributed by atoms with van der Waals surface area (Å²) in [6.07, 6.45) is 9.29. The van der Waals surface area contributed by atoms with Crippen molar-refractivity contribution in [1.29, 1.82) is 0 Å². The van der Waals surface area contributed by atoms with E-state index in [2.05, 4.69) is 32.4 Å². The highest BCUT2D eigenvalue weighted by Gasteiger charge is 2.11. The summed E-state index contributed by atoms with van der Waals surface area (Å²) in [5.74, 6) is 2.06. The van der Waals surface area contributed by atoms with Gasteiger partial charge in [0, 0.05) is 31.1 Å². The molecule has 2 aromatic heterocycles. The molecule has 0 saturated carbocycles. The summed E-state index contributed by atoms with van der Waals surface area (Å²) < 4.78 is 0. The summed E-state index contributed by atoms with van der Waals surface area (Å²) in [5.41, 5.74) is 2.71. The second kappa shape index (κ2) is 5.21. The van der Waals surface area contributed by atoms with Crippen molar-refractivity contribution in [3.8, 4) is 0 Å². The van der Waals surface area contributed by atoms with Crippen molar-refractivity contribution in [2.75, 3.05) is 11.9 Å². The molecular formula is C14H18N4. The molecule has 0 bridgehead atoms. The van der Waals surface area contributed by atoms with E-state index >= 15 is 0 Å². The molecule has 2 heterocycles. The second-order valence-corrected chi connectivity index (χ2v) is 4.72. The molecule has 0 radical (unpaired) electrons. The van der Waals surface area contributed by atoms with Gasteiger partial charge in [-0.25, -0.2) is 9.97 Å². The van der Waals surface area contributed by atoms with Crippen LogP contribution in [-0.2, 0) is 19.3 Å². The first-order valence-corrected chi connectivity index (χ1v) is 6.63. The lowest BCUT2D eigenvalue weighted by molar-refractivity contribution is 0.813. The smallest absolute Gasteiger partial charge is 0.126 e. The van der Waals surface area contributed by atoms with Crippen LogP contribution in [0.4, 0.5) is 5.82 Å². The maximum absolute atomic E-state index is 4.65. The largest absolute Gasteiger partial charge is 0.370 e. The average Bonchev–Trinajstić information content (AvgIpc) is 3.05. The van der Waals surface area contributed by atoms with Crippen LogP contribution in [0.15, 0.2) is 24.5 Å². The van der Waals surface area contributed by atoms with Crippen molar-refractivity contribution in [3.63, 3.8) is 0 Å². The predicted octanol–water partition coefficient (Wildman–Crippen LogP) is 2.34. The third kappa shape index (κ3) is 2.53. The van der Waals surface area contributed by atoms with Crippen LogP contribution in [0, 0.1) is 0 Å². The fourth-order valence-corrected chi connectivity index (χ4v) is 2.43. The molecule has 2 N–H and O–H groups in total. The Labute approximate surface area is 107 Å². The maximum atomic E-state index is 4.65. The molecule has 94 valence electrons. The zero-order valence-corrected chi connectivity index (χ0v) is 10.4. The van der Waals surface area contributed by atoms with Gasteiger partial charge in [-0.2, -0.15) is 0 Å². The summed E-state index contributed by atoms with van der Waals surface area (Å²) in [4.78, 5) is 12.0. The molecule has 0 saturated heterocycles. The van der Waals surface area contributed by atoms with E-state index in [1.165, 1.54) is 24.1 Å². The monoisotopic (exact) mass is 242 g/mol. The number of fused-ring (bicyclic) bond motifs is 1. The van der Waals surface area contributed by atoms with Crippen molar-refractivity contribution >= 4 is 5.82 Å². The van der Waals surface area contributed by atoms with Crippen molar-refractivity contribution in [1.82, 2.24) is 15.0 Å². The van der Waals surface area contributed by atoms with E-state index in [4.69, 9.17) is 0 Å². The molecule has 0 fully saturated rings. The van der Waals surface area contributed by atoms with Crippen molar-refractivity contribution in [2.45, 2.75) is 32.1 Å². The van der Waals surface area contributed by atoms with E-state index in [1.807, 2.05) is 6.20 Å². The van der Waals surface area contributed by atoms with Crippen LogP contribution in [-0.4, -0.2) is 21.5 Å². The van der Waals surface area contributed by atoms with E-state index in [1.54, 1.807) is 6.20 Å². The summed E-state index contributed by atoms with van der Waals surface area (Å²) in [7, 11) is 0. The number of pyridine rings is 1. The number of aromatic amines is 1. The SMILES string of the molecule is c1c[nH]c(CCCNc2ccc3c(n2)CCC3)n1. The number of imidazole rings is 1. The topological polar surface area (TPSA) is 53.6 Å². The highest BCUT2D eigenvalue weighted by atomic mass is 15.0. The number of aromatic nitrogens is 3. The van der Waals surface area contributed by atoms with Gasteiger partial charge in [0.2, 0.25) is 0 Å². The molecule has 0 atom stereocenters. The lowest BCUT2D eigenvalue weighted by Gasteiger charge is -2.06. The van der Waals surface area contributed by atoms with Crippen LogP contribution in [0.25, 0.3) is 0 Å². The van der Waals surface area contributed by atoms with Gasteiger partial charge in [-0.3, -0.25) is 0 Å². The van der Waals surface area contributed by atoms with Crippen LogP contribution < -0.4 is 5.32 Å². The minimum atomic E-state index is 0.937. The lowest BCUT2D eigenvalue weighted by atomic mass is 10.2. The van der Waals surface area contributed by atoms with Crippen molar-refractivity contribution in [2.24, 2.45) is 0 Å². The fourth-order valence-electron chi connectivity index (χ4n) is 2.43. The zero-order chi connectivity index (χ0) is 12.2. The molecule has 3 rings (SSSR count). The van der Waals surface area contributed by atoms with Crippen LogP contribution in [0.2, 0.25) is 0 Å². The Bertz CT molecular complexity index is 505. The molecule has 0 aliphatic heterocycles. The number of nitrogens with one attached hydrogen (secondary N) is 2. The van der Waals surface area contributed by atoms with Gasteiger partial charge in [0.15, 0.2) is 0 Å². The second-order valence-electron chi connectivity index (χ2n) is 4.72. The van der Waals surface area contributed by atoms with E-state index in [9.17, 15) is 0 Å². The first kappa shape index (κ1) is 11.3. The summed E-state index contributed by atoms with van der Waals surface area (Å²) in [5, 5.41) is 3.38.